The third-order valence-electron chi connectivity index (χ3n) is 5.06. The second-order valence-electron chi connectivity index (χ2n) is 7.16. The molecule has 1 amide bonds. The van der Waals surface area contributed by atoms with E-state index in [1.807, 2.05) is 70.4 Å². The molecule has 1 unspecified atom stereocenters. The number of likely N-dealkylation sites (N-methyl/N-ethyl adjacent to an activating group) is 1. The lowest BCUT2D eigenvalue weighted by Gasteiger charge is -2.26. The molecule has 3 aromatic rings. The monoisotopic (exact) mass is 399 g/mol. The van der Waals surface area contributed by atoms with E-state index < -0.39 is 0 Å². The summed E-state index contributed by atoms with van der Waals surface area (Å²) in [5, 5.41) is 3.77. The first-order chi connectivity index (χ1) is 13.4. The number of amides is 1. The fourth-order valence-electron chi connectivity index (χ4n) is 3.43. The van der Waals surface area contributed by atoms with Gasteiger partial charge in [0.2, 0.25) is 0 Å². The van der Waals surface area contributed by atoms with Crippen LogP contribution in [0.2, 0.25) is 5.02 Å². The number of hydrogen-bond acceptors (Lipinski definition) is 3. The van der Waals surface area contributed by atoms with E-state index in [9.17, 15) is 4.79 Å². The van der Waals surface area contributed by atoms with E-state index in [0.717, 1.165) is 22.7 Å². The highest BCUT2D eigenvalue weighted by Gasteiger charge is 2.20. The Hall–Kier alpha value is -2.50. The number of halogens is 1. The number of aromatic nitrogens is 1. The van der Waals surface area contributed by atoms with Crippen LogP contribution in [0.4, 0.5) is 0 Å². The van der Waals surface area contributed by atoms with E-state index >= 15 is 0 Å². The Kier molecular flexibility index (Phi) is 6.27. The molecule has 0 aliphatic heterocycles. The fourth-order valence-corrected chi connectivity index (χ4v) is 3.70. The molecule has 1 atom stereocenters. The molecule has 0 aliphatic carbocycles. The molecular formula is C22H26ClN3O2. The number of rotatable bonds is 7. The number of furan rings is 1. The van der Waals surface area contributed by atoms with E-state index in [-0.39, 0.29) is 11.9 Å². The molecule has 0 fully saturated rings. The lowest BCUT2D eigenvalue weighted by molar-refractivity contribution is 0.0941. The summed E-state index contributed by atoms with van der Waals surface area (Å²) in [6, 6.07) is 13.5. The second-order valence-corrected chi connectivity index (χ2v) is 7.57. The topological polar surface area (TPSA) is 50.4 Å². The van der Waals surface area contributed by atoms with Crippen molar-refractivity contribution in [2.45, 2.75) is 26.4 Å². The normalized spacial score (nSPS) is 12.4. The average Bonchev–Trinajstić information content (AvgIpc) is 3.26. The van der Waals surface area contributed by atoms with Crippen LogP contribution >= 0.6 is 11.6 Å². The van der Waals surface area contributed by atoms with Crippen molar-refractivity contribution in [2.24, 2.45) is 0 Å². The van der Waals surface area contributed by atoms with Crippen molar-refractivity contribution in [2.75, 3.05) is 20.6 Å². The summed E-state index contributed by atoms with van der Waals surface area (Å²) in [6.07, 6.45) is 1.66. The Morgan fingerprint density at radius 3 is 2.61 bits per heavy atom. The second kappa shape index (κ2) is 8.67. The molecule has 5 nitrogen and oxygen atoms in total. The molecule has 2 aromatic heterocycles. The van der Waals surface area contributed by atoms with Gasteiger partial charge in [-0.15, -0.1) is 0 Å². The summed E-state index contributed by atoms with van der Waals surface area (Å²) in [5.74, 6) is 0.776. The Morgan fingerprint density at radius 1 is 1.21 bits per heavy atom. The van der Waals surface area contributed by atoms with E-state index in [1.54, 1.807) is 6.26 Å². The summed E-state index contributed by atoms with van der Waals surface area (Å²) in [7, 11) is 3.96. The maximum Gasteiger partial charge on any atom is 0.253 e. The van der Waals surface area contributed by atoms with E-state index in [4.69, 9.17) is 16.0 Å². The van der Waals surface area contributed by atoms with Crippen LogP contribution in [0.25, 0.3) is 0 Å². The first kappa shape index (κ1) is 20.2. The third kappa shape index (κ3) is 4.32. The van der Waals surface area contributed by atoms with Gasteiger partial charge in [0.15, 0.2) is 0 Å². The zero-order valence-corrected chi connectivity index (χ0v) is 17.5. The number of nitrogens with zero attached hydrogens (tertiary/aromatic N) is 2. The van der Waals surface area contributed by atoms with Gasteiger partial charge >= 0.3 is 0 Å². The lowest BCUT2D eigenvalue weighted by atomic mass is 10.1. The van der Waals surface area contributed by atoms with Crippen molar-refractivity contribution in [1.82, 2.24) is 14.8 Å². The van der Waals surface area contributed by atoms with Crippen molar-refractivity contribution >= 4 is 17.5 Å². The quantitative estimate of drug-likeness (QED) is 0.639. The highest BCUT2D eigenvalue weighted by atomic mass is 35.5. The minimum absolute atomic E-state index is 0.00995. The first-order valence-electron chi connectivity index (χ1n) is 9.26. The summed E-state index contributed by atoms with van der Waals surface area (Å²) < 4.78 is 7.53. The average molecular weight is 400 g/mol. The number of aryl methyl sites for hydroxylation is 1. The summed E-state index contributed by atoms with van der Waals surface area (Å²) in [4.78, 5) is 14.9. The molecule has 0 spiro atoms. The Bertz CT molecular complexity index is 945. The summed E-state index contributed by atoms with van der Waals surface area (Å²) >= 11 is 6.36. The molecule has 148 valence electrons. The van der Waals surface area contributed by atoms with Crippen molar-refractivity contribution in [3.63, 3.8) is 0 Å². The van der Waals surface area contributed by atoms with Crippen LogP contribution in [0.15, 0.2) is 53.1 Å². The van der Waals surface area contributed by atoms with Crippen LogP contribution in [-0.4, -0.2) is 36.0 Å². The molecule has 3 rings (SSSR count). The molecule has 1 N–H and O–H groups in total. The predicted octanol–water partition coefficient (Wildman–Crippen LogP) is 4.43. The lowest BCUT2D eigenvalue weighted by Crippen LogP contribution is -2.34. The van der Waals surface area contributed by atoms with Gasteiger partial charge in [0.1, 0.15) is 5.76 Å². The van der Waals surface area contributed by atoms with Crippen LogP contribution < -0.4 is 5.32 Å². The van der Waals surface area contributed by atoms with Crippen LogP contribution in [0, 0.1) is 13.8 Å². The van der Waals surface area contributed by atoms with Crippen LogP contribution in [0.5, 0.6) is 0 Å². The molecule has 0 saturated carbocycles. The number of benzene rings is 1. The molecule has 2 heterocycles. The highest BCUT2D eigenvalue weighted by molar-refractivity contribution is 6.31. The number of carbonyl (C=O) groups excluding carboxylic acids is 1. The van der Waals surface area contributed by atoms with E-state index in [2.05, 4.69) is 14.8 Å². The highest BCUT2D eigenvalue weighted by Crippen LogP contribution is 2.25. The van der Waals surface area contributed by atoms with Crippen molar-refractivity contribution in [3.8, 4) is 0 Å². The molecule has 0 saturated heterocycles. The number of nitrogens with one attached hydrogen (secondary N) is 1. The fraction of sp³-hybridized carbons (Fsp3) is 0.318. The molecule has 0 aliphatic rings. The SMILES string of the molecule is Cc1cc(C(=O)NCC(c2ccccc2Cl)N(C)C)c(C)n1Cc1ccco1. The molecular weight excluding hydrogens is 374 g/mol. The Morgan fingerprint density at radius 2 is 1.96 bits per heavy atom. The molecule has 28 heavy (non-hydrogen) atoms. The molecule has 6 heteroatoms. The Balaban J connectivity index is 1.75. The minimum atomic E-state index is -0.0855. The van der Waals surface area contributed by atoms with Gasteiger partial charge in [0.05, 0.1) is 24.4 Å². The van der Waals surface area contributed by atoms with Gasteiger partial charge in [-0.05, 0) is 57.8 Å². The van der Waals surface area contributed by atoms with Crippen LogP contribution in [0.1, 0.15) is 39.1 Å². The van der Waals surface area contributed by atoms with Crippen LogP contribution in [-0.2, 0) is 6.54 Å². The number of hydrogen-bond donors (Lipinski definition) is 1. The van der Waals surface area contributed by atoms with Crippen LogP contribution in [0.3, 0.4) is 0 Å². The molecule has 1 aromatic carbocycles. The molecule has 0 radical (unpaired) electrons. The maximum atomic E-state index is 12.9. The Labute approximate surface area is 170 Å². The van der Waals surface area contributed by atoms with Crippen molar-refractivity contribution < 1.29 is 9.21 Å². The van der Waals surface area contributed by atoms with Gasteiger partial charge in [0, 0.05) is 23.0 Å². The standard InChI is InChI=1S/C22H26ClN3O2/c1-15-12-19(16(2)26(15)14-17-8-7-11-28-17)22(27)24-13-21(25(3)4)18-9-5-6-10-20(18)23/h5-12,21H,13-14H2,1-4H3,(H,24,27). The van der Waals surface area contributed by atoms with Gasteiger partial charge in [-0.3, -0.25) is 4.79 Å². The van der Waals surface area contributed by atoms with E-state index in [1.165, 1.54) is 0 Å². The summed E-state index contributed by atoms with van der Waals surface area (Å²) in [6.45, 7) is 5.04. The van der Waals surface area contributed by atoms with Crippen molar-refractivity contribution in [3.05, 3.63) is 82.0 Å². The van der Waals surface area contributed by atoms with Gasteiger partial charge in [-0.1, -0.05) is 29.8 Å². The van der Waals surface area contributed by atoms with Gasteiger partial charge < -0.3 is 19.2 Å². The zero-order chi connectivity index (χ0) is 20.3. The van der Waals surface area contributed by atoms with Gasteiger partial charge in [0.25, 0.3) is 5.91 Å². The summed E-state index contributed by atoms with van der Waals surface area (Å²) in [5.41, 5.74) is 3.62. The number of carbonyl (C=O) groups is 1. The zero-order valence-electron chi connectivity index (χ0n) is 16.7. The predicted molar refractivity (Wildman–Crippen MR) is 112 cm³/mol. The first-order valence-corrected chi connectivity index (χ1v) is 9.64. The smallest absolute Gasteiger partial charge is 0.253 e. The third-order valence-corrected chi connectivity index (χ3v) is 5.40. The largest absolute Gasteiger partial charge is 0.467 e. The van der Waals surface area contributed by atoms with Gasteiger partial charge in [-0.25, -0.2) is 0 Å². The van der Waals surface area contributed by atoms with Crippen molar-refractivity contribution in [1.29, 1.82) is 0 Å². The van der Waals surface area contributed by atoms with Gasteiger partial charge in [-0.2, -0.15) is 0 Å². The minimum Gasteiger partial charge on any atom is -0.467 e. The molecule has 0 bridgehead atoms. The maximum absolute atomic E-state index is 12.9. The van der Waals surface area contributed by atoms with E-state index in [0.29, 0.717) is 23.7 Å².